The van der Waals surface area contributed by atoms with E-state index in [-0.39, 0.29) is 11.4 Å². The maximum Gasteiger partial charge on any atom is 0.307 e. The van der Waals surface area contributed by atoms with Crippen LogP contribution in [0.1, 0.15) is 85.5 Å². The number of carbonyl (C=O) groups excluding carboxylic acids is 1. The van der Waals surface area contributed by atoms with Crippen LogP contribution >= 0.6 is 0 Å². The summed E-state index contributed by atoms with van der Waals surface area (Å²) < 4.78 is 5.43. The molecular formula is C23H36O3. The number of hydrogen-bond donors (Lipinski definition) is 1. The third kappa shape index (κ3) is 2.41. The Bertz CT molecular complexity index is 623. The highest BCUT2D eigenvalue weighted by Gasteiger charge is 2.61. The largest absolute Gasteiger partial charge is 0.508 e. The summed E-state index contributed by atoms with van der Waals surface area (Å²) in [6.07, 6.45) is 10.9. The van der Waals surface area contributed by atoms with Gasteiger partial charge in [-0.1, -0.05) is 27.2 Å². The van der Waals surface area contributed by atoms with Crippen LogP contribution in [0.4, 0.5) is 0 Å². The van der Waals surface area contributed by atoms with Gasteiger partial charge in [0, 0.05) is 18.8 Å². The Morgan fingerprint density at radius 1 is 1.12 bits per heavy atom. The topological polar surface area (TPSA) is 46.5 Å². The van der Waals surface area contributed by atoms with Crippen LogP contribution in [0, 0.1) is 40.4 Å². The van der Waals surface area contributed by atoms with Gasteiger partial charge in [0.2, 0.25) is 0 Å². The molecular weight excluding hydrogens is 324 g/mol. The van der Waals surface area contributed by atoms with Crippen LogP contribution in [-0.2, 0) is 9.53 Å². The molecule has 0 amide bonds. The van der Waals surface area contributed by atoms with Crippen molar-refractivity contribution in [1.82, 2.24) is 0 Å². The highest BCUT2D eigenvalue weighted by atomic mass is 16.5. The number of esters is 1. The Labute approximate surface area is 158 Å². The molecule has 4 aliphatic rings. The normalized spacial score (nSPS) is 47.8. The number of hydrogen-bond acceptors (Lipinski definition) is 3. The minimum atomic E-state index is -0.307. The molecule has 3 fully saturated rings. The van der Waals surface area contributed by atoms with E-state index in [1.54, 1.807) is 0 Å². The molecule has 3 saturated carbocycles. The molecule has 0 saturated heterocycles. The lowest BCUT2D eigenvalue weighted by Gasteiger charge is -2.59. The van der Waals surface area contributed by atoms with E-state index in [0.29, 0.717) is 35.2 Å². The summed E-state index contributed by atoms with van der Waals surface area (Å²) in [6.45, 7) is 8.64. The molecule has 4 rings (SSSR count). The van der Waals surface area contributed by atoms with E-state index in [1.807, 2.05) is 0 Å². The lowest BCUT2D eigenvalue weighted by molar-refractivity contribution is -0.140. The maximum absolute atomic E-state index is 11.5. The molecule has 0 bridgehead atoms. The van der Waals surface area contributed by atoms with E-state index in [1.165, 1.54) is 51.9 Å². The van der Waals surface area contributed by atoms with Gasteiger partial charge >= 0.3 is 5.97 Å². The van der Waals surface area contributed by atoms with E-state index in [9.17, 15) is 9.90 Å². The number of carbonyl (C=O) groups is 1. The first-order chi connectivity index (χ1) is 12.3. The highest BCUT2D eigenvalue weighted by Crippen LogP contribution is 2.68. The first-order valence-electron chi connectivity index (χ1n) is 10.9. The Kier molecular flexibility index (Phi) is 4.44. The predicted molar refractivity (Wildman–Crippen MR) is 102 cm³/mol. The van der Waals surface area contributed by atoms with E-state index in [4.69, 9.17) is 4.74 Å². The molecule has 3 heteroatoms. The van der Waals surface area contributed by atoms with Crippen LogP contribution in [0.5, 0.6) is 0 Å². The van der Waals surface area contributed by atoms with Crippen LogP contribution in [-0.4, -0.2) is 11.1 Å². The lowest BCUT2D eigenvalue weighted by atomic mass is 9.45. The van der Waals surface area contributed by atoms with Crippen molar-refractivity contribution in [2.24, 2.45) is 40.4 Å². The SMILES string of the molecule is CC[C@H]1CC[C@H]2[C@@H]3CCC4CCC(OC(C)=O)=C(O)[C@]4(C)[C@H]3CC[C@]12C. The number of aliphatic hydroxyl groups excluding tert-OH is 1. The number of ether oxygens (including phenoxy) is 1. The van der Waals surface area contributed by atoms with Gasteiger partial charge in [0.1, 0.15) is 11.5 Å². The summed E-state index contributed by atoms with van der Waals surface area (Å²) in [6, 6.07) is 0. The second-order valence-corrected chi connectivity index (χ2v) is 10.1. The Hall–Kier alpha value is -0.990. The smallest absolute Gasteiger partial charge is 0.307 e. The van der Waals surface area contributed by atoms with E-state index in [2.05, 4.69) is 20.8 Å². The van der Waals surface area contributed by atoms with Crippen LogP contribution in [0.15, 0.2) is 11.5 Å². The summed E-state index contributed by atoms with van der Waals surface area (Å²) in [5.74, 6) is 4.16. The molecule has 0 aromatic carbocycles. The summed E-state index contributed by atoms with van der Waals surface area (Å²) in [5.41, 5.74) is 0.309. The van der Waals surface area contributed by atoms with Crippen LogP contribution in [0.2, 0.25) is 0 Å². The average molecular weight is 361 g/mol. The van der Waals surface area contributed by atoms with Crippen LogP contribution < -0.4 is 0 Å². The number of aliphatic hydroxyl groups is 1. The standard InChI is InChI=1S/C23H36O3/c1-5-15-7-10-18-17-9-6-16-8-11-20(26-14(2)24)21(25)23(16,4)19(17)12-13-22(15,18)3/h15-19,25H,5-13H2,1-4H3/t15-,16?,17-,18-,19-,22+,23-/m0/s1. The van der Waals surface area contributed by atoms with E-state index in [0.717, 1.165) is 24.2 Å². The molecule has 0 aliphatic heterocycles. The molecule has 1 N–H and O–H groups in total. The number of fused-ring (bicyclic) bond motifs is 5. The molecule has 26 heavy (non-hydrogen) atoms. The second-order valence-electron chi connectivity index (χ2n) is 10.1. The number of rotatable bonds is 2. The van der Waals surface area contributed by atoms with Gasteiger partial charge in [-0.25, -0.2) is 0 Å². The third-order valence-electron chi connectivity index (χ3n) is 9.35. The lowest BCUT2D eigenvalue weighted by Crippen LogP contribution is -2.53. The predicted octanol–water partition coefficient (Wildman–Crippen LogP) is 6.00. The Morgan fingerprint density at radius 2 is 1.88 bits per heavy atom. The first kappa shape index (κ1) is 18.4. The molecule has 7 atom stereocenters. The Balaban J connectivity index is 1.68. The van der Waals surface area contributed by atoms with Crippen molar-refractivity contribution in [3.63, 3.8) is 0 Å². The third-order valence-corrected chi connectivity index (χ3v) is 9.35. The van der Waals surface area contributed by atoms with Crippen molar-refractivity contribution in [2.45, 2.75) is 85.5 Å². The first-order valence-corrected chi connectivity index (χ1v) is 10.9. The van der Waals surface area contributed by atoms with Gasteiger partial charge in [-0.15, -0.1) is 0 Å². The summed E-state index contributed by atoms with van der Waals surface area (Å²) in [7, 11) is 0. The molecule has 0 heterocycles. The molecule has 0 radical (unpaired) electrons. The van der Waals surface area contributed by atoms with Crippen molar-refractivity contribution in [3.8, 4) is 0 Å². The van der Waals surface area contributed by atoms with E-state index < -0.39 is 0 Å². The second kappa shape index (κ2) is 6.27. The van der Waals surface area contributed by atoms with Gasteiger partial charge in [0.25, 0.3) is 0 Å². The summed E-state index contributed by atoms with van der Waals surface area (Å²) in [5, 5.41) is 11.2. The zero-order chi connectivity index (χ0) is 18.7. The average Bonchev–Trinajstić information content (AvgIpc) is 2.94. The molecule has 3 nitrogen and oxygen atoms in total. The number of allylic oxidation sites excluding steroid dienone is 2. The van der Waals surface area contributed by atoms with Crippen molar-refractivity contribution in [3.05, 3.63) is 11.5 Å². The van der Waals surface area contributed by atoms with Gasteiger partial charge in [-0.3, -0.25) is 4.79 Å². The fraction of sp³-hybridized carbons (Fsp3) is 0.870. The zero-order valence-electron chi connectivity index (χ0n) is 17.0. The van der Waals surface area contributed by atoms with Gasteiger partial charge in [0.15, 0.2) is 0 Å². The molecule has 4 aliphatic carbocycles. The fourth-order valence-electron chi connectivity index (χ4n) is 8.02. The van der Waals surface area contributed by atoms with Gasteiger partial charge in [-0.05, 0) is 80.0 Å². The maximum atomic E-state index is 11.5. The zero-order valence-corrected chi connectivity index (χ0v) is 17.0. The Morgan fingerprint density at radius 3 is 2.58 bits per heavy atom. The van der Waals surface area contributed by atoms with Crippen molar-refractivity contribution >= 4 is 5.97 Å². The molecule has 0 aromatic heterocycles. The van der Waals surface area contributed by atoms with Crippen molar-refractivity contribution in [1.29, 1.82) is 0 Å². The minimum absolute atomic E-state index is 0.197. The van der Waals surface area contributed by atoms with E-state index >= 15 is 0 Å². The van der Waals surface area contributed by atoms with Gasteiger partial charge < -0.3 is 9.84 Å². The van der Waals surface area contributed by atoms with Crippen molar-refractivity contribution in [2.75, 3.05) is 0 Å². The monoisotopic (exact) mass is 360 g/mol. The minimum Gasteiger partial charge on any atom is -0.508 e. The van der Waals surface area contributed by atoms with Crippen molar-refractivity contribution < 1.29 is 14.6 Å². The molecule has 0 aromatic rings. The quantitative estimate of drug-likeness (QED) is 0.614. The highest BCUT2D eigenvalue weighted by molar-refractivity contribution is 5.67. The molecule has 146 valence electrons. The van der Waals surface area contributed by atoms with Gasteiger partial charge in [0.05, 0.1) is 0 Å². The fourth-order valence-corrected chi connectivity index (χ4v) is 8.02. The molecule has 0 spiro atoms. The summed E-state index contributed by atoms with van der Waals surface area (Å²) >= 11 is 0. The summed E-state index contributed by atoms with van der Waals surface area (Å²) in [4.78, 5) is 11.5. The van der Waals surface area contributed by atoms with Gasteiger partial charge in [-0.2, -0.15) is 0 Å². The molecule has 1 unspecified atom stereocenters. The van der Waals surface area contributed by atoms with Crippen LogP contribution in [0.3, 0.4) is 0 Å². The van der Waals surface area contributed by atoms with Crippen LogP contribution in [0.25, 0.3) is 0 Å².